The zero-order chi connectivity index (χ0) is 28.1. The van der Waals surface area contributed by atoms with E-state index in [1.807, 2.05) is 6.92 Å². The third kappa shape index (κ3) is 3.61. The van der Waals surface area contributed by atoms with Crippen molar-refractivity contribution in [2.45, 2.75) is 35.7 Å². The molecule has 7 atom stereocenters. The van der Waals surface area contributed by atoms with Crippen molar-refractivity contribution in [2.75, 3.05) is 11.5 Å². The van der Waals surface area contributed by atoms with Gasteiger partial charge in [-0.25, -0.2) is 0 Å². The summed E-state index contributed by atoms with van der Waals surface area (Å²) in [5.41, 5.74) is -0.140. The highest BCUT2D eigenvalue weighted by Gasteiger charge is 2.69. The van der Waals surface area contributed by atoms with Gasteiger partial charge < -0.3 is 14.8 Å². The van der Waals surface area contributed by atoms with E-state index in [-0.39, 0.29) is 45.2 Å². The van der Waals surface area contributed by atoms with E-state index in [1.54, 1.807) is 18.2 Å². The van der Waals surface area contributed by atoms with E-state index in [0.717, 1.165) is 43.8 Å². The van der Waals surface area contributed by atoms with Crippen LogP contribution in [0.25, 0.3) is 0 Å². The molecule has 40 heavy (non-hydrogen) atoms. The molecule has 2 aliphatic carbocycles. The Balaban J connectivity index is 1.30. The number of nitrogens with one attached hydrogen (secondary N) is 1. The average Bonchev–Trinajstić information content (AvgIpc) is 3.64. The number of H-pyrrole nitrogens is 1. The lowest BCUT2D eigenvalue weighted by Gasteiger charge is -2.43. The molecule has 2 bridgehead atoms. The number of carbonyl (C=O) groups excluding carboxylic acids is 2. The molecule has 1 aromatic heterocycles. The molecule has 2 aliphatic heterocycles. The van der Waals surface area contributed by atoms with Gasteiger partial charge in [0.1, 0.15) is 0 Å². The molecular formula is C28H23F3N2O5S2. The summed E-state index contributed by atoms with van der Waals surface area (Å²) >= 11 is 2.64. The highest BCUT2D eigenvalue weighted by atomic mass is 32.2. The summed E-state index contributed by atoms with van der Waals surface area (Å²) in [6.45, 7) is 2.16. The number of aromatic hydroxyl groups is 1. The van der Waals surface area contributed by atoms with Gasteiger partial charge in [-0.05, 0) is 67.0 Å². The summed E-state index contributed by atoms with van der Waals surface area (Å²) in [6, 6.07) is 9.48. The minimum atomic E-state index is -4.60. The van der Waals surface area contributed by atoms with Gasteiger partial charge in [-0.1, -0.05) is 23.5 Å². The quantitative estimate of drug-likeness (QED) is 0.405. The van der Waals surface area contributed by atoms with Crippen LogP contribution in [0, 0.1) is 29.6 Å². The number of nitrogens with zero attached hydrogens (tertiary/aromatic N) is 1. The van der Waals surface area contributed by atoms with Crippen molar-refractivity contribution in [1.29, 1.82) is 0 Å². The maximum atomic E-state index is 13.8. The first-order valence-corrected chi connectivity index (χ1v) is 14.7. The number of rotatable bonds is 4. The average molecular weight is 589 g/mol. The second-order valence-corrected chi connectivity index (χ2v) is 12.9. The summed E-state index contributed by atoms with van der Waals surface area (Å²) in [4.78, 5) is 44.5. The highest BCUT2D eigenvalue weighted by molar-refractivity contribution is 8.00. The minimum Gasteiger partial charge on any atom is -0.504 e. The Kier molecular flexibility index (Phi) is 5.70. The Hall–Kier alpha value is -3.25. The predicted molar refractivity (Wildman–Crippen MR) is 142 cm³/mol. The molecule has 12 heteroatoms. The number of ether oxygens (including phenoxy) is 1. The monoisotopic (exact) mass is 588 g/mol. The second kappa shape index (κ2) is 8.87. The number of imide groups is 1. The number of phenolic OH excluding ortho intramolecular Hbond substituents is 1. The van der Waals surface area contributed by atoms with E-state index in [9.17, 15) is 32.7 Å². The number of halogens is 3. The highest BCUT2D eigenvalue weighted by Crippen LogP contribution is 2.68. The van der Waals surface area contributed by atoms with E-state index in [0.29, 0.717) is 18.8 Å². The number of phenols is 1. The fraction of sp³-hybridized carbons (Fsp3) is 0.393. The van der Waals surface area contributed by atoms with E-state index in [1.165, 1.54) is 23.9 Å². The second-order valence-electron chi connectivity index (χ2n) is 10.7. The van der Waals surface area contributed by atoms with Crippen LogP contribution in [0.4, 0.5) is 18.9 Å². The number of alkyl halides is 3. The molecule has 2 amide bonds. The number of anilines is 1. The maximum Gasteiger partial charge on any atom is 0.416 e. The predicted octanol–water partition coefficient (Wildman–Crippen LogP) is 5.24. The van der Waals surface area contributed by atoms with Crippen LogP contribution in [-0.2, 0) is 15.8 Å². The number of hydrogen-bond donors (Lipinski definition) is 2. The lowest BCUT2D eigenvalue weighted by Crippen LogP contribution is -2.42. The third-order valence-electron chi connectivity index (χ3n) is 8.80. The Morgan fingerprint density at radius 3 is 2.55 bits per heavy atom. The molecule has 0 spiro atoms. The zero-order valence-electron chi connectivity index (χ0n) is 21.0. The number of aromatic nitrogens is 1. The Morgan fingerprint density at radius 2 is 1.82 bits per heavy atom. The fourth-order valence-electron chi connectivity index (χ4n) is 7.46. The molecule has 1 saturated heterocycles. The Morgan fingerprint density at radius 1 is 1.07 bits per heavy atom. The number of thiazole rings is 1. The zero-order valence-corrected chi connectivity index (χ0v) is 22.6. The number of benzene rings is 2. The third-order valence-corrected chi connectivity index (χ3v) is 11.4. The van der Waals surface area contributed by atoms with Crippen molar-refractivity contribution in [3.8, 4) is 11.5 Å². The number of carbonyl (C=O) groups is 2. The van der Waals surface area contributed by atoms with E-state index in [2.05, 4.69) is 4.98 Å². The van der Waals surface area contributed by atoms with Crippen LogP contribution in [0.2, 0.25) is 0 Å². The molecule has 208 valence electrons. The van der Waals surface area contributed by atoms with Crippen LogP contribution in [0.3, 0.4) is 0 Å². The van der Waals surface area contributed by atoms with Gasteiger partial charge in [-0.2, -0.15) is 13.2 Å². The van der Waals surface area contributed by atoms with Crippen molar-refractivity contribution in [3.05, 3.63) is 68.1 Å². The van der Waals surface area contributed by atoms with Crippen LogP contribution in [0.15, 0.2) is 52.3 Å². The SMILES string of the molecule is CCOc1cc(C2c3sc(=O)[nH]c3SC3C2[C@H]2C[C@@H]3C3C(=O)N(c4cccc(C(F)(F)F)c4)C(=O)C32)ccc1O. The molecule has 5 unspecified atom stereocenters. The van der Waals surface area contributed by atoms with Gasteiger partial charge in [-0.3, -0.25) is 19.3 Å². The van der Waals surface area contributed by atoms with Gasteiger partial charge in [0.25, 0.3) is 0 Å². The van der Waals surface area contributed by atoms with Gasteiger partial charge >= 0.3 is 11.0 Å². The summed E-state index contributed by atoms with van der Waals surface area (Å²) in [6.07, 6.45) is -3.95. The Bertz CT molecular complexity index is 1620. The standard InChI is InChI=1S/C28H23F3N2O5S2/c1-2-38-17-8-11(6-7-16(17)34)18-19-14-10-15(22(19)39-24-23(18)40-27(37)32-24)21-20(14)25(35)33(26(21)36)13-5-3-4-12(9-13)28(29,30)31/h3-9,14-15,18-22,34H,2,10H2,1H3,(H,32,37)/t14-,15-,18?,19?,20?,21?,22?/m1/s1. The normalized spacial score (nSPS) is 30.4. The smallest absolute Gasteiger partial charge is 0.416 e. The van der Waals surface area contributed by atoms with Gasteiger partial charge in [0, 0.05) is 16.0 Å². The first-order chi connectivity index (χ1) is 19.1. The van der Waals surface area contributed by atoms with Gasteiger partial charge in [-0.15, -0.1) is 11.8 Å². The molecule has 3 heterocycles. The number of amides is 2. The van der Waals surface area contributed by atoms with Crippen molar-refractivity contribution in [3.63, 3.8) is 0 Å². The van der Waals surface area contributed by atoms with Crippen LogP contribution >= 0.6 is 23.1 Å². The molecular weight excluding hydrogens is 565 g/mol. The van der Waals surface area contributed by atoms with Crippen LogP contribution in [0.5, 0.6) is 11.5 Å². The van der Waals surface area contributed by atoms with Gasteiger partial charge in [0.15, 0.2) is 11.5 Å². The summed E-state index contributed by atoms with van der Waals surface area (Å²) in [7, 11) is 0. The fourth-order valence-corrected chi connectivity index (χ4v) is 10.4. The number of aromatic amines is 1. The number of fused-ring (bicyclic) bond motifs is 9. The van der Waals surface area contributed by atoms with E-state index < -0.39 is 35.4 Å². The lowest BCUT2D eigenvalue weighted by molar-refractivity contribution is -0.137. The van der Waals surface area contributed by atoms with Gasteiger partial charge in [0.05, 0.1) is 34.7 Å². The molecule has 3 fully saturated rings. The molecule has 0 radical (unpaired) electrons. The topological polar surface area (TPSA) is 99.7 Å². The van der Waals surface area contributed by atoms with Crippen LogP contribution in [-0.4, -0.2) is 33.8 Å². The molecule has 4 aliphatic rings. The van der Waals surface area contributed by atoms with Crippen molar-refractivity contribution >= 4 is 40.6 Å². The first-order valence-electron chi connectivity index (χ1n) is 13.0. The Labute approximate surface area is 234 Å². The largest absolute Gasteiger partial charge is 0.504 e. The molecule has 7 rings (SSSR count). The maximum absolute atomic E-state index is 13.8. The van der Waals surface area contributed by atoms with Crippen LogP contribution in [0.1, 0.15) is 35.3 Å². The van der Waals surface area contributed by atoms with E-state index >= 15 is 0 Å². The molecule has 2 aromatic carbocycles. The molecule has 2 N–H and O–H groups in total. The summed E-state index contributed by atoms with van der Waals surface area (Å²) < 4.78 is 45.9. The van der Waals surface area contributed by atoms with Crippen molar-refractivity contribution < 1.29 is 32.6 Å². The number of thioether (sulfide) groups is 1. The molecule has 7 nitrogen and oxygen atoms in total. The van der Waals surface area contributed by atoms with Crippen molar-refractivity contribution in [2.24, 2.45) is 29.6 Å². The molecule has 2 saturated carbocycles. The lowest BCUT2D eigenvalue weighted by atomic mass is 9.68. The van der Waals surface area contributed by atoms with E-state index in [4.69, 9.17) is 4.74 Å². The summed E-state index contributed by atoms with van der Waals surface area (Å²) in [5.74, 6) is -2.58. The number of hydrogen-bond acceptors (Lipinski definition) is 7. The van der Waals surface area contributed by atoms with Crippen LogP contribution < -0.4 is 14.5 Å². The van der Waals surface area contributed by atoms with Gasteiger partial charge in [0.2, 0.25) is 11.8 Å². The first kappa shape index (κ1) is 25.7. The van der Waals surface area contributed by atoms with Crippen molar-refractivity contribution in [1.82, 2.24) is 4.98 Å². The summed E-state index contributed by atoms with van der Waals surface area (Å²) in [5, 5.41) is 11.0. The molecule has 3 aromatic rings. The minimum absolute atomic E-state index is 0.00360.